The van der Waals surface area contributed by atoms with Crippen molar-refractivity contribution in [3.05, 3.63) is 30.0 Å². The summed E-state index contributed by atoms with van der Waals surface area (Å²) in [6.45, 7) is 3.01. The maximum Gasteiger partial charge on any atom is 0.131 e. The van der Waals surface area contributed by atoms with Crippen molar-refractivity contribution >= 4 is 5.82 Å². The number of nitrogens with zero attached hydrogens (tertiary/aromatic N) is 4. The third-order valence-electron chi connectivity index (χ3n) is 2.96. The number of anilines is 1. The Bertz CT molecular complexity index is 513. The largest absolute Gasteiger partial charge is 0.384 e. The zero-order valence-corrected chi connectivity index (χ0v) is 10.7. The summed E-state index contributed by atoms with van der Waals surface area (Å²) in [5.41, 5.74) is 9.57. The van der Waals surface area contributed by atoms with Crippen LogP contribution in [0.4, 0.5) is 5.82 Å². The SMILES string of the molecule is CCCn1ccnc1C(NN)c1cnn(C)c1N. The van der Waals surface area contributed by atoms with E-state index in [2.05, 4.69) is 27.0 Å². The van der Waals surface area contributed by atoms with E-state index in [0.29, 0.717) is 5.82 Å². The zero-order chi connectivity index (χ0) is 13.1. The summed E-state index contributed by atoms with van der Waals surface area (Å²) in [5.74, 6) is 7.08. The van der Waals surface area contributed by atoms with Gasteiger partial charge in [-0.2, -0.15) is 5.10 Å². The van der Waals surface area contributed by atoms with E-state index in [9.17, 15) is 0 Å². The van der Waals surface area contributed by atoms with Crippen LogP contribution in [0.25, 0.3) is 0 Å². The topological polar surface area (TPSA) is 99.7 Å². The van der Waals surface area contributed by atoms with E-state index < -0.39 is 0 Å². The molecule has 0 bridgehead atoms. The second kappa shape index (κ2) is 5.19. The third kappa shape index (κ3) is 2.09. The summed E-state index contributed by atoms with van der Waals surface area (Å²) >= 11 is 0. The highest BCUT2D eigenvalue weighted by atomic mass is 15.3. The Labute approximate surface area is 106 Å². The number of hydrazine groups is 1. The first-order chi connectivity index (χ1) is 8.69. The van der Waals surface area contributed by atoms with Crippen molar-refractivity contribution in [2.45, 2.75) is 25.9 Å². The number of hydrogen-bond donors (Lipinski definition) is 3. The fourth-order valence-electron chi connectivity index (χ4n) is 2.00. The van der Waals surface area contributed by atoms with Gasteiger partial charge in [-0.25, -0.2) is 10.4 Å². The van der Waals surface area contributed by atoms with Crippen LogP contribution in [-0.4, -0.2) is 19.3 Å². The molecule has 0 aromatic carbocycles. The van der Waals surface area contributed by atoms with E-state index in [0.717, 1.165) is 24.4 Å². The summed E-state index contributed by atoms with van der Waals surface area (Å²) in [7, 11) is 1.80. The smallest absolute Gasteiger partial charge is 0.131 e. The van der Waals surface area contributed by atoms with Crippen LogP contribution in [-0.2, 0) is 13.6 Å². The van der Waals surface area contributed by atoms with Gasteiger partial charge in [-0.1, -0.05) is 6.92 Å². The molecule has 0 radical (unpaired) electrons. The van der Waals surface area contributed by atoms with E-state index in [1.165, 1.54) is 0 Å². The Morgan fingerprint density at radius 3 is 2.83 bits per heavy atom. The van der Waals surface area contributed by atoms with Gasteiger partial charge in [-0.05, 0) is 6.42 Å². The van der Waals surface area contributed by atoms with E-state index >= 15 is 0 Å². The van der Waals surface area contributed by atoms with Crippen LogP contribution in [0.2, 0.25) is 0 Å². The molecule has 98 valence electrons. The predicted octanol–water partition coefficient (Wildman–Crippen LogP) is 0.162. The van der Waals surface area contributed by atoms with Gasteiger partial charge in [0.2, 0.25) is 0 Å². The minimum absolute atomic E-state index is 0.250. The van der Waals surface area contributed by atoms with Crippen molar-refractivity contribution in [2.24, 2.45) is 12.9 Å². The van der Waals surface area contributed by atoms with Gasteiger partial charge in [0.05, 0.1) is 6.20 Å². The van der Waals surface area contributed by atoms with Crippen LogP contribution in [0.15, 0.2) is 18.6 Å². The molecule has 7 nitrogen and oxygen atoms in total. The molecule has 0 saturated carbocycles. The molecule has 0 fully saturated rings. The number of hydrogen-bond acceptors (Lipinski definition) is 5. The first kappa shape index (κ1) is 12.6. The van der Waals surface area contributed by atoms with Crippen molar-refractivity contribution < 1.29 is 0 Å². The van der Waals surface area contributed by atoms with Crippen molar-refractivity contribution in [2.75, 3.05) is 5.73 Å². The first-order valence-electron chi connectivity index (χ1n) is 5.93. The molecule has 0 aliphatic carbocycles. The normalized spacial score (nSPS) is 12.8. The van der Waals surface area contributed by atoms with Crippen molar-refractivity contribution in [1.29, 1.82) is 0 Å². The molecule has 1 unspecified atom stereocenters. The van der Waals surface area contributed by atoms with Crippen LogP contribution in [0.5, 0.6) is 0 Å². The number of nitrogens with two attached hydrogens (primary N) is 2. The number of nitrogen functional groups attached to an aromatic ring is 1. The van der Waals surface area contributed by atoms with Crippen LogP contribution in [0, 0.1) is 0 Å². The Morgan fingerprint density at radius 1 is 1.50 bits per heavy atom. The molecule has 0 amide bonds. The number of aromatic nitrogens is 4. The Morgan fingerprint density at radius 2 is 2.28 bits per heavy atom. The molecule has 2 rings (SSSR count). The lowest BCUT2D eigenvalue weighted by Gasteiger charge is -2.16. The average molecular weight is 249 g/mol. The van der Waals surface area contributed by atoms with Crippen LogP contribution < -0.4 is 17.0 Å². The summed E-state index contributed by atoms with van der Waals surface area (Å²) in [5, 5.41) is 4.13. The highest BCUT2D eigenvalue weighted by Gasteiger charge is 2.22. The van der Waals surface area contributed by atoms with E-state index in [-0.39, 0.29) is 6.04 Å². The highest BCUT2D eigenvalue weighted by Crippen LogP contribution is 2.24. The Kier molecular flexibility index (Phi) is 3.63. The highest BCUT2D eigenvalue weighted by molar-refractivity contribution is 5.43. The van der Waals surface area contributed by atoms with Gasteiger partial charge in [-0.15, -0.1) is 0 Å². The summed E-state index contributed by atoms with van der Waals surface area (Å²) in [4.78, 5) is 4.36. The summed E-state index contributed by atoms with van der Waals surface area (Å²) in [6.07, 6.45) is 6.45. The first-order valence-corrected chi connectivity index (χ1v) is 5.93. The van der Waals surface area contributed by atoms with Crippen LogP contribution in [0.3, 0.4) is 0 Å². The molecule has 18 heavy (non-hydrogen) atoms. The molecule has 0 spiro atoms. The van der Waals surface area contributed by atoms with Gasteiger partial charge in [0.1, 0.15) is 17.7 Å². The predicted molar refractivity (Wildman–Crippen MR) is 69.3 cm³/mol. The van der Waals surface area contributed by atoms with Crippen LogP contribution in [0.1, 0.15) is 30.8 Å². The van der Waals surface area contributed by atoms with E-state index in [1.807, 2.05) is 6.20 Å². The van der Waals surface area contributed by atoms with Crippen molar-refractivity contribution in [3.8, 4) is 0 Å². The second-order valence-corrected chi connectivity index (χ2v) is 4.19. The molecule has 1 atom stereocenters. The maximum absolute atomic E-state index is 5.98. The molecule has 2 aromatic heterocycles. The summed E-state index contributed by atoms with van der Waals surface area (Å²) < 4.78 is 3.68. The molecule has 7 heteroatoms. The van der Waals surface area contributed by atoms with Gasteiger partial charge < -0.3 is 10.3 Å². The zero-order valence-electron chi connectivity index (χ0n) is 10.7. The third-order valence-corrected chi connectivity index (χ3v) is 2.96. The number of nitrogens with one attached hydrogen (secondary N) is 1. The fraction of sp³-hybridized carbons (Fsp3) is 0.455. The average Bonchev–Trinajstić information content (AvgIpc) is 2.93. The van der Waals surface area contributed by atoms with Gasteiger partial charge in [0.25, 0.3) is 0 Å². The summed E-state index contributed by atoms with van der Waals surface area (Å²) in [6, 6.07) is -0.250. The van der Waals surface area contributed by atoms with E-state index in [4.69, 9.17) is 11.6 Å². The van der Waals surface area contributed by atoms with Gasteiger partial charge in [0.15, 0.2) is 0 Å². The Hall–Kier alpha value is -1.86. The van der Waals surface area contributed by atoms with Crippen LogP contribution >= 0.6 is 0 Å². The quantitative estimate of drug-likeness (QED) is 0.518. The molecule has 0 aliphatic heterocycles. The minimum atomic E-state index is -0.250. The monoisotopic (exact) mass is 249 g/mol. The standard InChI is InChI=1S/C11H19N7/c1-3-5-18-6-4-14-11(18)9(16-13)8-7-15-17(2)10(8)12/h4,6-7,9,16H,3,5,12-13H2,1-2H3. The molecule has 0 aliphatic rings. The second-order valence-electron chi connectivity index (χ2n) is 4.19. The molecule has 5 N–H and O–H groups in total. The minimum Gasteiger partial charge on any atom is -0.384 e. The lowest BCUT2D eigenvalue weighted by Crippen LogP contribution is -2.31. The molecule has 2 aromatic rings. The molecular weight excluding hydrogens is 230 g/mol. The number of rotatable bonds is 5. The lowest BCUT2D eigenvalue weighted by atomic mass is 10.1. The van der Waals surface area contributed by atoms with Crippen molar-refractivity contribution in [3.63, 3.8) is 0 Å². The van der Waals surface area contributed by atoms with Gasteiger partial charge in [-0.3, -0.25) is 10.5 Å². The number of aryl methyl sites for hydroxylation is 2. The Balaban J connectivity index is 2.39. The lowest BCUT2D eigenvalue weighted by molar-refractivity contribution is 0.546. The van der Waals surface area contributed by atoms with Crippen molar-refractivity contribution in [1.82, 2.24) is 24.8 Å². The molecule has 2 heterocycles. The fourth-order valence-corrected chi connectivity index (χ4v) is 2.00. The van der Waals surface area contributed by atoms with Gasteiger partial charge >= 0.3 is 0 Å². The van der Waals surface area contributed by atoms with E-state index in [1.54, 1.807) is 24.1 Å². The maximum atomic E-state index is 5.98. The number of imidazole rings is 1. The molecular formula is C11H19N7. The molecule has 0 saturated heterocycles. The van der Waals surface area contributed by atoms with Gasteiger partial charge in [0, 0.05) is 31.5 Å².